The maximum atomic E-state index is 4.21. The molecule has 0 aliphatic rings. The third-order valence-electron chi connectivity index (χ3n) is 1.98. The summed E-state index contributed by atoms with van der Waals surface area (Å²) in [6.45, 7) is 0.876. The van der Waals surface area contributed by atoms with E-state index in [4.69, 9.17) is 0 Å². The zero-order valence-corrected chi connectivity index (χ0v) is 10.6. The van der Waals surface area contributed by atoms with Crippen molar-refractivity contribution in [3.05, 3.63) is 39.4 Å². The molecule has 0 N–H and O–H groups in total. The molecule has 15 heavy (non-hydrogen) atoms. The van der Waals surface area contributed by atoms with Gasteiger partial charge in [-0.1, -0.05) is 6.07 Å². The van der Waals surface area contributed by atoms with Gasteiger partial charge in [0.05, 0.1) is 6.54 Å². The summed E-state index contributed by atoms with van der Waals surface area (Å²) in [4.78, 5) is 11.6. The van der Waals surface area contributed by atoms with Crippen LogP contribution in [0.4, 0.5) is 5.82 Å². The van der Waals surface area contributed by atoms with E-state index < -0.39 is 0 Å². The van der Waals surface area contributed by atoms with Crippen LogP contribution in [0.2, 0.25) is 0 Å². The van der Waals surface area contributed by atoms with Gasteiger partial charge in [0.1, 0.15) is 16.7 Å². The standard InChI is InChI=1S/C10H10BrN3S/c1-14(6-8-3-2-4-15-8)10-5-9(11)12-7-13-10/h2-5,7H,6H2,1H3. The second-order valence-electron chi connectivity index (χ2n) is 3.13. The molecule has 2 heterocycles. The average Bonchev–Trinajstić information content (AvgIpc) is 2.70. The van der Waals surface area contributed by atoms with E-state index in [0.717, 1.165) is 17.0 Å². The number of anilines is 1. The maximum absolute atomic E-state index is 4.21. The Bertz CT molecular complexity index is 430. The van der Waals surface area contributed by atoms with Crippen molar-refractivity contribution in [2.45, 2.75) is 6.54 Å². The number of rotatable bonds is 3. The Balaban J connectivity index is 2.11. The Morgan fingerprint density at radius 2 is 2.33 bits per heavy atom. The Hall–Kier alpha value is -0.940. The van der Waals surface area contributed by atoms with E-state index in [9.17, 15) is 0 Å². The van der Waals surface area contributed by atoms with Gasteiger partial charge in [-0.3, -0.25) is 0 Å². The summed E-state index contributed by atoms with van der Waals surface area (Å²) >= 11 is 5.09. The maximum Gasteiger partial charge on any atom is 0.133 e. The number of hydrogen-bond donors (Lipinski definition) is 0. The lowest BCUT2D eigenvalue weighted by atomic mass is 10.4. The number of hydrogen-bond acceptors (Lipinski definition) is 4. The molecule has 0 saturated heterocycles. The molecule has 0 radical (unpaired) electrons. The molecule has 2 rings (SSSR count). The number of halogens is 1. The lowest BCUT2D eigenvalue weighted by Crippen LogP contribution is -2.16. The van der Waals surface area contributed by atoms with Gasteiger partial charge in [-0.05, 0) is 27.4 Å². The summed E-state index contributed by atoms with van der Waals surface area (Å²) in [7, 11) is 2.02. The normalized spacial score (nSPS) is 10.3. The van der Waals surface area contributed by atoms with Crippen LogP contribution in [0, 0.1) is 0 Å². The fourth-order valence-corrected chi connectivity index (χ4v) is 2.30. The molecule has 0 spiro atoms. The monoisotopic (exact) mass is 283 g/mol. The van der Waals surface area contributed by atoms with Crippen LogP contribution in [0.25, 0.3) is 0 Å². The molecule has 5 heteroatoms. The number of nitrogens with zero attached hydrogens (tertiary/aromatic N) is 3. The van der Waals surface area contributed by atoms with E-state index in [1.807, 2.05) is 13.1 Å². The van der Waals surface area contributed by atoms with Crippen LogP contribution in [-0.2, 0) is 6.54 Å². The Kier molecular flexibility index (Phi) is 3.33. The highest BCUT2D eigenvalue weighted by atomic mass is 79.9. The van der Waals surface area contributed by atoms with Gasteiger partial charge in [0.25, 0.3) is 0 Å². The van der Waals surface area contributed by atoms with Gasteiger partial charge in [0.15, 0.2) is 0 Å². The third kappa shape index (κ3) is 2.76. The van der Waals surface area contributed by atoms with E-state index >= 15 is 0 Å². The summed E-state index contributed by atoms with van der Waals surface area (Å²) in [5.74, 6) is 0.922. The number of thiophene rings is 1. The summed E-state index contributed by atoms with van der Waals surface area (Å²) in [5, 5.41) is 2.08. The van der Waals surface area contributed by atoms with Crippen molar-refractivity contribution in [3.63, 3.8) is 0 Å². The first-order chi connectivity index (χ1) is 7.25. The smallest absolute Gasteiger partial charge is 0.133 e. The Morgan fingerprint density at radius 1 is 1.47 bits per heavy atom. The van der Waals surface area contributed by atoms with Crippen molar-refractivity contribution in [1.82, 2.24) is 9.97 Å². The van der Waals surface area contributed by atoms with Crippen LogP contribution >= 0.6 is 27.3 Å². The Labute approximate surface area is 101 Å². The number of aromatic nitrogens is 2. The fourth-order valence-electron chi connectivity index (χ4n) is 1.25. The zero-order chi connectivity index (χ0) is 10.7. The van der Waals surface area contributed by atoms with Crippen molar-refractivity contribution in [2.24, 2.45) is 0 Å². The predicted octanol–water partition coefficient (Wildman–Crippen LogP) is 2.94. The van der Waals surface area contributed by atoms with E-state index in [-0.39, 0.29) is 0 Å². The molecule has 0 aliphatic carbocycles. The van der Waals surface area contributed by atoms with Crippen molar-refractivity contribution >= 4 is 33.1 Å². The lowest BCUT2D eigenvalue weighted by molar-refractivity contribution is 0.901. The summed E-state index contributed by atoms with van der Waals surface area (Å²) in [6, 6.07) is 6.09. The van der Waals surface area contributed by atoms with Gasteiger partial charge in [-0.15, -0.1) is 11.3 Å². The molecule has 0 fully saturated rings. The van der Waals surface area contributed by atoms with Gasteiger partial charge >= 0.3 is 0 Å². The van der Waals surface area contributed by atoms with E-state index in [1.54, 1.807) is 17.7 Å². The minimum Gasteiger partial charge on any atom is -0.354 e. The second-order valence-corrected chi connectivity index (χ2v) is 4.98. The van der Waals surface area contributed by atoms with Crippen LogP contribution < -0.4 is 4.90 Å². The highest BCUT2D eigenvalue weighted by Gasteiger charge is 2.04. The van der Waals surface area contributed by atoms with Crippen LogP contribution in [-0.4, -0.2) is 17.0 Å². The average molecular weight is 284 g/mol. The molecule has 0 amide bonds. The molecule has 78 valence electrons. The van der Waals surface area contributed by atoms with Gasteiger partial charge < -0.3 is 4.90 Å². The van der Waals surface area contributed by atoms with Crippen LogP contribution in [0.1, 0.15) is 4.88 Å². The molecule has 0 atom stereocenters. The molecule has 3 nitrogen and oxygen atoms in total. The topological polar surface area (TPSA) is 29.0 Å². The van der Waals surface area contributed by atoms with Crippen molar-refractivity contribution in [2.75, 3.05) is 11.9 Å². The SMILES string of the molecule is CN(Cc1cccs1)c1cc(Br)ncn1. The summed E-state index contributed by atoms with van der Waals surface area (Å²) < 4.78 is 0.811. The highest BCUT2D eigenvalue weighted by Crippen LogP contribution is 2.17. The Morgan fingerprint density at radius 3 is 3.00 bits per heavy atom. The molecule has 0 saturated carbocycles. The highest BCUT2D eigenvalue weighted by molar-refractivity contribution is 9.10. The van der Waals surface area contributed by atoms with E-state index in [0.29, 0.717) is 0 Å². The predicted molar refractivity (Wildman–Crippen MR) is 66.2 cm³/mol. The molecule has 0 aromatic carbocycles. The van der Waals surface area contributed by atoms with E-state index in [1.165, 1.54) is 4.88 Å². The van der Waals surface area contributed by atoms with Gasteiger partial charge in [0, 0.05) is 18.0 Å². The van der Waals surface area contributed by atoms with Crippen molar-refractivity contribution in [3.8, 4) is 0 Å². The minimum absolute atomic E-state index is 0.811. The fraction of sp³-hybridized carbons (Fsp3) is 0.200. The van der Waals surface area contributed by atoms with Crippen molar-refractivity contribution < 1.29 is 0 Å². The van der Waals surface area contributed by atoms with E-state index in [2.05, 4.69) is 48.3 Å². The second kappa shape index (κ2) is 4.72. The molecule has 0 unspecified atom stereocenters. The first-order valence-electron chi connectivity index (χ1n) is 4.47. The van der Waals surface area contributed by atoms with Crippen LogP contribution in [0.5, 0.6) is 0 Å². The van der Waals surface area contributed by atoms with Gasteiger partial charge in [0.2, 0.25) is 0 Å². The van der Waals surface area contributed by atoms with Crippen LogP contribution in [0.15, 0.2) is 34.5 Å². The third-order valence-corrected chi connectivity index (χ3v) is 3.28. The molecule has 0 aliphatic heterocycles. The quantitative estimate of drug-likeness (QED) is 0.811. The zero-order valence-electron chi connectivity index (χ0n) is 8.22. The van der Waals surface area contributed by atoms with Crippen molar-refractivity contribution in [1.29, 1.82) is 0 Å². The summed E-state index contributed by atoms with van der Waals surface area (Å²) in [6.07, 6.45) is 1.56. The molecule has 0 bridgehead atoms. The van der Waals surface area contributed by atoms with Crippen LogP contribution in [0.3, 0.4) is 0 Å². The lowest BCUT2D eigenvalue weighted by Gasteiger charge is -2.16. The minimum atomic E-state index is 0.811. The molecular formula is C10H10BrN3S. The summed E-state index contributed by atoms with van der Waals surface area (Å²) in [5.41, 5.74) is 0. The largest absolute Gasteiger partial charge is 0.354 e. The first kappa shape index (κ1) is 10.6. The van der Waals surface area contributed by atoms with Gasteiger partial charge in [-0.2, -0.15) is 0 Å². The molecular weight excluding hydrogens is 274 g/mol. The molecule has 2 aromatic heterocycles. The van der Waals surface area contributed by atoms with Gasteiger partial charge in [-0.25, -0.2) is 9.97 Å². The first-order valence-corrected chi connectivity index (χ1v) is 6.14. The molecule has 2 aromatic rings.